The first-order valence-corrected chi connectivity index (χ1v) is 5.71. The Morgan fingerprint density at radius 1 is 1.11 bits per heavy atom. The number of rotatable bonds is 3. The van der Waals surface area contributed by atoms with Crippen molar-refractivity contribution in [2.75, 3.05) is 0 Å². The molecule has 2 aromatic rings. The highest BCUT2D eigenvalue weighted by Crippen LogP contribution is 2.08. The van der Waals surface area contributed by atoms with E-state index in [4.69, 9.17) is 0 Å². The lowest BCUT2D eigenvalue weighted by Gasteiger charge is -2.02. The number of aromatic nitrogens is 1. The molecule has 3 heteroatoms. The average molecular weight is 238 g/mol. The Morgan fingerprint density at radius 2 is 1.83 bits per heavy atom. The van der Waals surface area contributed by atoms with Gasteiger partial charge in [0.1, 0.15) is 0 Å². The highest BCUT2D eigenvalue weighted by atomic mass is 16.1. The van der Waals surface area contributed by atoms with E-state index in [0.29, 0.717) is 5.56 Å². The summed E-state index contributed by atoms with van der Waals surface area (Å²) in [5, 5.41) is 2.76. The largest absolute Gasteiger partial charge is 0.328 e. The number of nitrogens with zero attached hydrogens (tertiary/aromatic N) is 1. The van der Waals surface area contributed by atoms with E-state index in [2.05, 4.69) is 10.3 Å². The van der Waals surface area contributed by atoms with Crippen LogP contribution < -0.4 is 5.32 Å². The molecule has 2 rings (SSSR count). The van der Waals surface area contributed by atoms with E-state index in [1.807, 2.05) is 43.3 Å². The molecule has 0 saturated carbocycles. The molecule has 0 bridgehead atoms. The van der Waals surface area contributed by atoms with Crippen LogP contribution in [0.2, 0.25) is 0 Å². The molecule has 90 valence electrons. The van der Waals surface area contributed by atoms with Crippen LogP contribution in [0, 0.1) is 0 Å². The number of nitrogens with one attached hydrogen (secondary N) is 1. The second kappa shape index (κ2) is 5.77. The molecule has 1 aromatic carbocycles. The van der Waals surface area contributed by atoms with E-state index in [1.54, 1.807) is 24.5 Å². The van der Waals surface area contributed by atoms with Gasteiger partial charge in [-0.05, 0) is 36.8 Å². The third-order valence-electron chi connectivity index (χ3n) is 2.52. The van der Waals surface area contributed by atoms with Crippen molar-refractivity contribution in [2.24, 2.45) is 0 Å². The summed E-state index contributed by atoms with van der Waals surface area (Å²) in [7, 11) is 0. The summed E-state index contributed by atoms with van der Waals surface area (Å²) < 4.78 is 0. The number of hydrogen-bond donors (Lipinski definition) is 1. The van der Waals surface area contributed by atoms with Crippen LogP contribution in [-0.2, 0) is 0 Å². The molecular formula is C15H14N2O. The molecule has 0 unspecified atom stereocenters. The van der Waals surface area contributed by atoms with E-state index < -0.39 is 0 Å². The molecule has 0 aliphatic heterocycles. The second-order valence-electron chi connectivity index (χ2n) is 3.88. The molecule has 0 radical (unpaired) electrons. The molecule has 0 aliphatic rings. The van der Waals surface area contributed by atoms with E-state index in [9.17, 15) is 4.79 Å². The summed E-state index contributed by atoms with van der Waals surface area (Å²) in [5.41, 5.74) is 2.41. The smallest absolute Gasteiger partial charge is 0.255 e. The van der Waals surface area contributed by atoms with Gasteiger partial charge in [0.15, 0.2) is 0 Å². The highest BCUT2D eigenvalue weighted by Gasteiger charge is 2.02. The van der Waals surface area contributed by atoms with Crippen molar-refractivity contribution in [3.8, 4) is 0 Å². The summed E-state index contributed by atoms with van der Waals surface area (Å²) in [6.07, 6.45) is 3.41. The van der Waals surface area contributed by atoms with Gasteiger partial charge < -0.3 is 5.32 Å². The van der Waals surface area contributed by atoms with E-state index in [1.165, 1.54) is 0 Å². The quantitative estimate of drug-likeness (QED) is 0.893. The fourth-order valence-electron chi connectivity index (χ4n) is 1.52. The lowest BCUT2D eigenvalue weighted by Crippen LogP contribution is -2.17. The Kier molecular flexibility index (Phi) is 3.86. The normalized spacial score (nSPS) is 11.1. The van der Waals surface area contributed by atoms with E-state index in [-0.39, 0.29) is 5.91 Å². The molecule has 1 amide bonds. The predicted octanol–water partition coefficient (Wildman–Crippen LogP) is 2.87. The van der Waals surface area contributed by atoms with Gasteiger partial charge in [-0.15, -0.1) is 0 Å². The first kappa shape index (κ1) is 12.0. The fourth-order valence-corrected chi connectivity index (χ4v) is 1.52. The topological polar surface area (TPSA) is 42.0 Å². The summed E-state index contributed by atoms with van der Waals surface area (Å²) in [5.74, 6) is -0.120. The van der Waals surface area contributed by atoms with Gasteiger partial charge in [-0.1, -0.05) is 24.3 Å². The Balaban J connectivity index is 2.05. The first-order chi connectivity index (χ1) is 8.77. The molecule has 0 saturated heterocycles. The van der Waals surface area contributed by atoms with Crippen molar-refractivity contribution in [3.63, 3.8) is 0 Å². The van der Waals surface area contributed by atoms with Crippen molar-refractivity contribution in [2.45, 2.75) is 6.92 Å². The first-order valence-electron chi connectivity index (χ1n) is 5.71. The molecule has 3 nitrogen and oxygen atoms in total. The van der Waals surface area contributed by atoms with Crippen molar-refractivity contribution in [1.29, 1.82) is 0 Å². The zero-order valence-electron chi connectivity index (χ0n) is 10.1. The van der Waals surface area contributed by atoms with E-state index >= 15 is 0 Å². The molecule has 18 heavy (non-hydrogen) atoms. The third-order valence-corrected chi connectivity index (χ3v) is 2.52. The maximum atomic E-state index is 11.8. The highest BCUT2D eigenvalue weighted by molar-refractivity contribution is 5.95. The van der Waals surface area contributed by atoms with Crippen molar-refractivity contribution < 1.29 is 4.79 Å². The number of allylic oxidation sites excluding steroid dienone is 1. The summed E-state index contributed by atoms with van der Waals surface area (Å²) in [6.45, 7) is 1.91. The number of hydrogen-bond acceptors (Lipinski definition) is 2. The monoisotopic (exact) mass is 238 g/mol. The number of carbonyl (C=O) groups excluding carboxylic acids is 1. The van der Waals surface area contributed by atoms with Gasteiger partial charge >= 0.3 is 0 Å². The van der Waals surface area contributed by atoms with Gasteiger partial charge in [0, 0.05) is 18.0 Å². The van der Waals surface area contributed by atoms with Crippen LogP contribution in [0.3, 0.4) is 0 Å². The summed E-state index contributed by atoms with van der Waals surface area (Å²) in [6, 6.07) is 14.8. The standard InChI is InChI=1S/C15H14N2O/c1-12(14-9-5-6-10-16-14)11-17-15(18)13-7-3-2-4-8-13/h2-11H,1H3,(H,17,18)/b12-11+. The number of benzene rings is 1. The number of pyridine rings is 1. The zero-order chi connectivity index (χ0) is 12.8. The minimum Gasteiger partial charge on any atom is -0.328 e. The molecule has 0 fully saturated rings. The van der Waals surface area contributed by atoms with Crippen LogP contribution in [-0.4, -0.2) is 10.9 Å². The zero-order valence-corrected chi connectivity index (χ0v) is 10.1. The van der Waals surface area contributed by atoms with Crippen LogP contribution in [0.5, 0.6) is 0 Å². The predicted molar refractivity (Wildman–Crippen MR) is 71.8 cm³/mol. The van der Waals surface area contributed by atoms with Gasteiger partial charge in [0.05, 0.1) is 5.69 Å². The summed E-state index contributed by atoms with van der Waals surface area (Å²) >= 11 is 0. The molecule has 0 spiro atoms. The average Bonchev–Trinajstić information content (AvgIpc) is 2.46. The molecule has 0 aliphatic carbocycles. The third kappa shape index (κ3) is 3.04. The van der Waals surface area contributed by atoms with Gasteiger partial charge in [-0.3, -0.25) is 9.78 Å². The Hall–Kier alpha value is -2.42. The molecule has 1 heterocycles. The second-order valence-corrected chi connectivity index (χ2v) is 3.88. The lowest BCUT2D eigenvalue weighted by atomic mass is 10.2. The van der Waals surface area contributed by atoms with E-state index in [0.717, 1.165) is 11.3 Å². The lowest BCUT2D eigenvalue weighted by molar-refractivity contribution is 0.0970. The Morgan fingerprint density at radius 3 is 2.50 bits per heavy atom. The number of amides is 1. The van der Waals surface area contributed by atoms with Crippen LogP contribution >= 0.6 is 0 Å². The number of carbonyl (C=O) groups is 1. The van der Waals surface area contributed by atoms with Gasteiger partial charge in [-0.25, -0.2) is 0 Å². The maximum Gasteiger partial charge on any atom is 0.255 e. The fraction of sp³-hybridized carbons (Fsp3) is 0.0667. The Bertz CT molecular complexity index is 547. The molecule has 0 atom stereocenters. The van der Waals surface area contributed by atoms with Crippen LogP contribution in [0.4, 0.5) is 0 Å². The molecule has 1 N–H and O–H groups in total. The van der Waals surface area contributed by atoms with Crippen LogP contribution in [0.1, 0.15) is 23.0 Å². The minimum absolute atomic E-state index is 0.120. The molecular weight excluding hydrogens is 224 g/mol. The van der Waals surface area contributed by atoms with Crippen molar-refractivity contribution >= 4 is 11.5 Å². The van der Waals surface area contributed by atoms with Crippen LogP contribution in [0.25, 0.3) is 5.57 Å². The molecule has 1 aromatic heterocycles. The maximum absolute atomic E-state index is 11.8. The SMILES string of the molecule is C/C(=C\NC(=O)c1ccccc1)c1ccccn1. The van der Waals surface area contributed by atoms with Gasteiger partial charge in [0.25, 0.3) is 5.91 Å². The Labute approximate surface area is 106 Å². The van der Waals surface area contributed by atoms with Gasteiger partial charge in [0.2, 0.25) is 0 Å². The summed E-state index contributed by atoms with van der Waals surface area (Å²) in [4.78, 5) is 16.0. The van der Waals surface area contributed by atoms with Crippen molar-refractivity contribution in [1.82, 2.24) is 10.3 Å². The van der Waals surface area contributed by atoms with Crippen molar-refractivity contribution in [3.05, 3.63) is 72.2 Å². The minimum atomic E-state index is -0.120. The van der Waals surface area contributed by atoms with Gasteiger partial charge in [-0.2, -0.15) is 0 Å². The van der Waals surface area contributed by atoms with Crippen LogP contribution in [0.15, 0.2) is 60.9 Å².